The molecule has 1 aromatic carbocycles. The molecule has 3 N–H and O–H groups in total. The molecule has 0 atom stereocenters. The molecule has 0 spiro atoms. The molecule has 4 nitrogen and oxygen atoms in total. The molecule has 0 aromatic heterocycles. The molecule has 0 unspecified atom stereocenters. The lowest BCUT2D eigenvalue weighted by Crippen LogP contribution is -2.17. The number of ether oxygens (including phenoxy) is 1. The Morgan fingerprint density at radius 1 is 1.19 bits per heavy atom. The Morgan fingerprint density at radius 2 is 1.90 bits per heavy atom. The van der Waals surface area contributed by atoms with Crippen LogP contribution >= 0.6 is 0 Å². The van der Waals surface area contributed by atoms with E-state index in [2.05, 4.69) is 5.32 Å². The Balaban J connectivity index is 1.60. The number of hydrogen-bond acceptors (Lipinski definition) is 3. The first-order valence-electron chi connectivity index (χ1n) is 7.94. The minimum absolute atomic E-state index is 0.000794. The molecule has 0 saturated heterocycles. The topological polar surface area (TPSA) is 64.3 Å². The van der Waals surface area contributed by atoms with Gasteiger partial charge in [0.25, 0.3) is 0 Å². The quantitative estimate of drug-likeness (QED) is 0.759. The Kier molecular flexibility index (Phi) is 6.70. The van der Waals surface area contributed by atoms with Crippen LogP contribution in [-0.4, -0.2) is 19.1 Å². The number of carbonyl (C=O) groups is 1. The molecule has 1 aliphatic carbocycles. The summed E-state index contributed by atoms with van der Waals surface area (Å²) in [7, 11) is 0. The molecule has 0 radical (unpaired) electrons. The van der Waals surface area contributed by atoms with Crippen molar-refractivity contribution in [2.75, 3.05) is 18.5 Å². The van der Waals surface area contributed by atoms with Crippen LogP contribution in [0.3, 0.4) is 0 Å². The van der Waals surface area contributed by atoms with Gasteiger partial charge in [0.05, 0.1) is 13.0 Å². The molecule has 1 amide bonds. The Hall–Kier alpha value is -1.39. The molecular formula is C17H26N2O2. The fraction of sp³-hybridized carbons (Fsp3) is 0.588. The first-order chi connectivity index (χ1) is 10.3. The lowest BCUT2D eigenvalue weighted by molar-refractivity contribution is -0.117. The van der Waals surface area contributed by atoms with Gasteiger partial charge in [0.1, 0.15) is 0 Å². The van der Waals surface area contributed by atoms with Crippen molar-refractivity contribution < 1.29 is 9.53 Å². The number of benzene rings is 1. The van der Waals surface area contributed by atoms with E-state index in [1.807, 2.05) is 24.3 Å². The molecule has 0 heterocycles. The molecule has 1 aliphatic rings. The number of nitrogens with two attached hydrogens (primary N) is 1. The summed E-state index contributed by atoms with van der Waals surface area (Å²) in [5.41, 5.74) is 7.41. The molecule has 2 rings (SSSR count). The van der Waals surface area contributed by atoms with E-state index in [4.69, 9.17) is 10.5 Å². The van der Waals surface area contributed by atoms with Gasteiger partial charge >= 0.3 is 0 Å². The molecule has 1 fully saturated rings. The van der Waals surface area contributed by atoms with Crippen LogP contribution < -0.4 is 11.1 Å². The highest BCUT2D eigenvalue weighted by atomic mass is 16.5. The number of amides is 1. The van der Waals surface area contributed by atoms with E-state index in [9.17, 15) is 4.79 Å². The average molecular weight is 290 g/mol. The smallest absolute Gasteiger partial charge is 0.226 e. The lowest BCUT2D eigenvalue weighted by atomic mass is 9.90. The van der Waals surface area contributed by atoms with Crippen molar-refractivity contribution in [3.8, 4) is 0 Å². The summed E-state index contributed by atoms with van der Waals surface area (Å²) >= 11 is 0. The van der Waals surface area contributed by atoms with Gasteiger partial charge in [-0.2, -0.15) is 0 Å². The van der Waals surface area contributed by atoms with Crippen molar-refractivity contribution >= 4 is 11.6 Å². The molecular weight excluding hydrogens is 264 g/mol. The van der Waals surface area contributed by atoms with E-state index in [0.29, 0.717) is 25.5 Å². The van der Waals surface area contributed by atoms with Crippen LogP contribution in [0.4, 0.5) is 5.69 Å². The third-order valence-corrected chi connectivity index (χ3v) is 4.03. The van der Waals surface area contributed by atoms with E-state index in [1.54, 1.807) is 0 Å². The van der Waals surface area contributed by atoms with Crippen molar-refractivity contribution in [1.29, 1.82) is 0 Å². The van der Waals surface area contributed by atoms with E-state index in [-0.39, 0.29) is 5.91 Å². The lowest BCUT2D eigenvalue weighted by Gasteiger charge is -2.21. The summed E-state index contributed by atoms with van der Waals surface area (Å²) in [4.78, 5) is 11.8. The number of hydrogen-bond donors (Lipinski definition) is 2. The molecule has 116 valence electrons. The third-order valence-electron chi connectivity index (χ3n) is 4.03. The molecule has 1 saturated carbocycles. The molecule has 1 aromatic rings. The second-order valence-electron chi connectivity index (χ2n) is 5.78. The maximum absolute atomic E-state index is 11.8. The summed E-state index contributed by atoms with van der Waals surface area (Å²) in [5.74, 6) is 0.699. The van der Waals surface area contributed by atoms with E-state index in [0.717, 1.165) is 17.9 Å². The SMILES string of the molecule is NCc1ccc(NC(=O)CCOCC2CCCCC2)cc1. The van der Waals surface area contributed by atoms with Gasteiger partial charge in [-0.15, -0.1) is 0 Å². The third kappa shape index (κ3) is 5.86. The predicted octanol–water partition coefficient (Wildman–Crippen LogP) is 3.07. The predicted molar refractivity (Wildman–Crippen MR) is 85.0 cm³/mol. The van der Waals surface area contributed by atoms with Crippen LogP contribution in [0.2, 0.25) is 0 Å². The fourth-order valence-corrected chi connectivity index (χ4v) is 2.72. The van der Waals surface area contributed by atoms with Gasteiger partial charge in [-0.05, 0) is 36.5 Å². The molecule has 0 bridgehead atoms. The summed E-state index contributed by atoms with van der Waals surface area (Å²) in [6.45, 7) is 1.82. The van der Waals surface area contributed by atoms with Crippen LogP contribution in [0.5, 0.6) is 0 Å². The zero-order valence-corrected chi connectivity index (χ0v) is 12.6. The number of rotatable bonds is 7. The van der Waals surface area contributed by atoms with Gasteiger partial charge in [-0.1, -0.05) is 31.4 Å². The van der Waals surface area contributed by atoms with Crippen molar-refractivity contribution in [3.05, 3.63) is 29.8 Å². The van der Waals surface area contributed by atoms with Crippen LogP contribution in [0, 0.1) is 5.92 Å². The summed E-state index contributed by atoms with van der Waals surface area (Å²) in [6, 6.07) is 7.61. The molecule has 4 heteroatoms. The summed E-state index contributed by atoms with van der Waals surface area (Å²) in [5, 5.41) is 2.87. The van der Waals surface area contributed by atoms with Crippen LogP contribution in [0.15, 0.2) is 24.3 Å². The van der Waals surface area contributed by atoms with Gasteiger partial charge < -0.3 is 15.8 Å². The minimum Gasteiger partial charge on any atom is -0.381 e. The van der Waals surface area contributed by atoms with Crippen molar-refractivity contribution in [3.63, 3.8) is 0 Å². The van der Waals surface area contributed by atoms with Crippen LogP contribution in [0.1, 0.15) is 44.1 Å². The highest BCUT2D eigenvalue weighted by molar-refractivity contribution is 5.90. The Labute approximate surface area is 127 Å². The largest absolute Gasteiger partial charge is 0.381 e. The number of carbonyl (C=O) groups excluding carboxylic acids is 1. The number of nitrogens with one attached hydrogen (secondary N) is 1. The minimum atomic E-state index is -0.000794. The maximum atomic E-state index is 11.8. The highest BCUT2D eigenvalue weighted by Crippen LogP contribution is 2.23. The zero-order valence-electron chi connectivity index (χ0n) is 12.6. The zero-order chi connectivity index (χ0) is 14.9. The Morgan fingerprint density at radius 3 is 2.57 bits per heavy atom. The van der Waals surface area contributed by atoms with E-state index >= 15 is 0 Å². The fourth-order valence-electron chi connectivity index (χ4n) is 2.72. The van der Waals surface area contributed by atoms with Crippen LogP contribution in [-0.2, 0) is 16.1 Å². The first kappa shape index (κ1) is 16.0. The van der Waals surface area contributed by atoms with Gasteiger partial charge in [-0.25, -0.2) is 0 Å². The van der Waals surface area contributed by atoms with Crippen molar-refractivity contribution in [2.45, 2.75) is 45.1 Å². The second kappa shape index (κ2) is 8.80. The van der Waals surface area contributed by atoms with Crippen molar-refractivity contribution in [1.82, 2.24) is 0 Å². The second-order valence-corrected chi connectivity index (χ2v) is 5.78. The van der Waals surface area contributed by atoms with Gasteiger partial charge in [0.2, 0.25) is 5.91 Å². The normalized spacial score (nSPS) is 15.9. The summed E-state index contributed by atoms with van der Waals surface area (Å²) in [6.07, 6.45) is 6.98. The maximum Gasteiger partial charge on any atom is 0.226 e. The first-order valence-corrected chi connectivity index (χ1v) is 7.94. The monoisotopic (exact) mass is 290 g/mol. The average Bonchev–Trinajstić information content (AvgIpc) is 2.53. The highest BCUT2D eigenvalue weighted by Gasteiger charge is 2.13. The molecule has 21 heavy (non-hydrogen) atoms. The molecule has 0 aliphatic heterocycles. The van der Waals surface area contributed by atoms with Crippen molar-refractivity contribution in [2.24, 2.45) is 11.7 Å². The number of anilines is 1. The summed E-state index contributed by atoms with van der Waals surface area (Å²) < 4.78 is 5.64. The standard InChI is InChI=1S/C17H26N2O2/c18-12-14-6-8-16(9-7-14)19-17(20)10-11-21-13-15-4-2-1-3-5-15/h6-9,15H,1-5,10-13,18H2,(H,19,20). The van der Waals surface area contributed by atoms with Gasteiger partial charge in [-0.3, -0.25) is 4.79 Å². The van der Waals surface area contributed by atoms with Crippen LogP contribution in [0.25, 0.3) is 0 Å². The Bertz CT molecular complexity index is 425. The van der Waals surface area contributed by atoms with Gasteiger partial charge in [0, 0.05) is 18.8 Å². The van der Waals surface area contributed by atoms with E-state index < -0.39 is 0 Å². The van der Waals surface area contributed by atoms with Gasteiger partial charge in [0.15, 0.2) is 0 Å². The van der Waals surface area contributed by atoms with E-state index in [1.165, 1.54) is 32.1 Å².